The Balaban J connectivity index is 1.47. The number of aromatic nitrogens is 3. The highest BCUT2D eigenvalue weighted by Crippen LogP contribution is 2.28. The highest BCUT2D eigenvalue weighted by atomic mass is 16.5. The van der Waals surface area contributed by atoms with Crippen LogP contribution in [0.3, 0.4) is 0 Å². The van der Waals surface area contributed by atoms with Crippen LogP contribution in [0.2, 0.25) is 0 Å². The molecule has 0 saturated carbocycles. The number of hydrogen-bond donors (Lipinski definition) is 1. The van der Waals surface area contributed by atoms with E-state index in [-0.39, 0.29) is 11.8 Å². The normalized spacial score (nSPS) is 12.0. The molecule has 180 valence electrons. The van der Waals surface area contributed by atoms with Crippen LogP contribution in [0.1, 0.15) is 36.1 Å². The van der Waals surface area contributed by atoms with Crippen LogP contribution in [0.4, 0.5) is 0 Å². The monoisotopic (exact) mass is 478 g/mol. The molecule has 7 nitrogen and oxygen atoms in total. The number of fused-ring (bicyclic) bond motifs is 1. The summed E-state index contributed by atoms with van der Waals surface area (Å²) in [5, 5.41) is 8.04. The van der Waals surface area contributed by atoms with Crippen LogP contribution in [0.25, 0.3) is 33.5 Å². The van der Waals surface area contributed by atoms with Crippen molar-refractivity contribution < 1.29 is 14.1 Å². The Morgan fingerprint density at radius 2 is 1.61 bits per heavy atom. The number of nitrogens with one attached hydrogen (secondary N) is 1. The second-order valence-electron chi connectivity index (χ2n) is 8.82. The Bertz CT molecular complexity index is 1490. The third-order valence-electron chi connectivity index (χ3n) is 6.04. The first-order chi connectivity index (χ1) is 17.5. The van der Waals surface area contributed by atoms with Crippen LogP contribution in [0.15, 0.2) is 89.5 Å². The average molecular weight is 479 g/mol. The maximum absolute atomic E-state index is 13.6. The number of methoxy groups -OCH3 is 1. The molecule has 2 aromatic heterocycles. The number of benzene rings is 3. The van der Waals surface area contributed by atoms with Crippen LogP contribution in [-0.4, -0.2) is 28.1 Å². The number of carbonyl (C=O) groups is 1. The molecule has 3 aromatic carbocycles. The van der Waals surface area contributed by atoms with Crippen molar-refractivity contribution in [2.24, 2.45) is 5.92 Å². The molecule has 36 heavy (non-hydrogen) atoms. The number of hydrogen-bond acceptors (Lipinski definition) is 6. The largest absolute Gasteiger partial charge is 0.497 e. The molecule has 0 unspecified atom stereocenters. The Kier molecular flexibility index (Phi) is 6.45. The van der Waals surface area contributed by atoms with Gasteiger partial charge in [0.2, 0.25) is 11.7 Å². The molecule has 0 fully saturated rings. The summed E-state index contributed by atoms with van der Waals surface area (Å²) in [4.78, 5) is 23.0. The Morgan fingerprint density at radius 1 is 0.889 bits per heavy atom. The number of nitrogens with zero attached hydrogens (tertiary/aromatic N) is 3. The third-order valence-corrected chi connectivity index (χ3v) is 6.04. The molecule has 0 bridgehead atoms. The van der Waals surface area contributed by atoms with E-state index in [1.807, 2.05) is 98.8 Å². The first-order valence-corrected chi connectivity index (χ1v) is 11.8. The SMILES string of the molecule is COc1ccc(-c2noc([C@@H](NC(=O)c3cc(-c4ccccc4)nc4ccccc34)C(C)C)n2)cc1. The van der Waals surface area contributed by atoms with Gasteiger partial charge < -0.3 is 14.6 Å². The highest BCUT2D eigenvalue weighted by Gasteiger charge is 2.26. The molecule has 2 heterocycles. The molecule has 0 spiro atoms. The van der Waals surface area contributed by atoms with E-state index in [1.54, 1.807) is 7.11 Å². The number of amides is 1. The van der Waals surface area contributed by atoms with Crippen molar-refractivity contribution >= 4 is 16.8 Å². The van der Waals surface area contributed by atoms with Gasteiger partial charge in [-0.05, 0) is 42.3 Å². The lowest BCUT2D eigenvalue weighted by molar-refractivity contribution is 0.0915. The van der Waals surface area contributed by atoms with E-state index in [0.717, 1.165) is 33.5 Å². The molecule has 0 radical (unpaired) electrons. The molecule has 7 heteroatoms. The first kappa shape index (κ1) is 23.2. The van der Waals surface area contributed by atoms with Crippen molar-refractivity contribution in [3.8, 4) is 28.4 Å². The maximum atomic E-state index is 13.6. The molecule has 0 aliphatic carbocycles. The van der Waals surface area contributed by atoms with E-state index in [9.17, 15) is 4.79 Å². The van der Waals surface area contributed by atoms with E-state index in [2.05, 4.69) is 15.5 Å². The topological polar surface area (TPSA) is 90.1 Å². The lowest BCUT2D eigenvalue weighted by atomic mass is 10.0. The summed E-state index contributed by atoms with van der Waals surface area (Å²) in [7, 11) is 1.62. The van der Waals surface area contributed by atoms with Crippen molar-refractivity contribution in [1.29, 1.82) is 0 Å². The van der Waals surface area contributed by atoms with Crippen LogP contribution in [-0.2, 0) is 0 Å². The number of carbonyl (C=O) groups excluding carboxylic acids is 1. The van der Waals surface area contributed by atoms with Gasteiger partial charge in [-0.15, -0.1) is 0 Å². The second kappa shape index (κ2) is 10.00. The molecule has 1 amide bonds. The Labute approximate surface area is 209 Å². The second-order valence-corrected chi connectivity index (χ2v) is 8.82. The van der Waals surface area contributed by atoms with Gasteiger partial charge in [0.05, 0.1) is 23.9 Å². The van der Waals surface area contributed by atoms with E-state index in [4.69, 9.17) is 14.2 Å². The van der Waals surface area contributed by atoms with E-state index >= 15 is 0 Å². The van der Waals surface area contributed by atoms with E-state index in [0.29, 0.717) is 17.3 Å². The molecule has 0 aliphatic rings. The molecular weight excluding hydrogens is 452 g/mol. The summed E-state index contributed by atoms with van der Waals surface area (Å²) >= 11 is 0. The van der Waals surface area contributed by atoms with Crippen LogP contribution in [0.5, 0.6) is 5.75 Å². The number of para-hydroxylation sites is 1. The van der Waals surface area contributed by atoms with Gasteiger partial charge in [0.1, 0.15) is 11.8 Å². The maximum Gasteiger partial charge on any atom is 0.252 e. The minimum atomic E-state index is -0.468. The van der Waals surface area contributed by atoms with E-state index in [1.165, 1.54) is 0 Å². The fourth-order valence-electron chi connectivity index (χ4n) is 4.07. The molecule has 1 atom stereocenters. The molecule has 5 rings (SSSR count). The van der Waals surface area contributed by atoms with Crippen LogP contribution >= 0.6 is 0 Å². The number of pyridine rings is 1. The number of rotatable bonds is 7. The van der Waals surface area contributed by atoms with Gasteiger partial charge in [-0.2, -0.15) is 4.98 Å². The minimum absolute atomic E-state index is 0.0137. The molecule has 0 saturated heterocycles. The van der Waals surface area contributed by atoms with Gasteiger partial charge in [-0.25, -0.2) is 4.98 Å². The first-order valence-electron chi connectivity index (χ1n) is 11.8. The third kappa shape index (κ3) is 4.68. The zero-order valence-corrected chi connectivity index (χ0v) is 20.3. The summed E-state index contributed by atoms with van der Waals surface area (Å²) in [5.74, 6) is 1.34. The molecule has 0 aliphatic heterocycles. The summed E-state index contributed by atoms with van der Waals surface area (Å²) in [6.45, 7) is 4.00. The summed E-state index contributed by atoms with van der Waals surface area (Å²) in [6.07, 6.45) is 0. The summed E-state index contributed by atoms with van der Waals surface area (Å²) in [6, 6.07) is 26.2. The highest BCUT2D eigenvalue weighted by molar-refractivity contribution is 6.07. The van der Waals surface area contributed by atoms with Crippen LogP contribution < -0.4 is 10.1 Å². The summed E-state index contributed by atoms with van der Waals surface area (Å²) in [5.41, 5.74) is 3.77. The average Bonchev–Trinajstić information content (AvgIpc) is 3.41. The van der Waals surface area contributed by atoms with Crippen molar-refractivity contribution in [2.75, 3.05) is 7.11 Å². The lowest BCUT2D eigenvalue weighted by Gasteiger charge is -2.19. The lowest BCUT2D eigenvalue weighted by Crippen LogP contribution is -2.32. The number of ether oxygens (including phenoxy) is 1. The summed E-state index contributed by atoms with van der Waals surface area (Å²) < 4.78 is 10.8. The van der Waals surface area contributed by atoms with E-state index < -0.39 is 6.04 Å². The van der Waals surface area contributed by atoms with Gasteiger partial charge in [0.15, 0.2) is 0 Å². The fourth-order valence-corrected chi connectivity index (χ4v) is 4.07. The van der Waals surface area contributed by atoms with Crippen molar-refractivity contribution in [1.82, 2.24) is 20.4 Å². The van der Waals surface area contributed by atoms with Crippen molar-refractivity contribution in [3.05, 3.63) is 96.4 Å². The van der Waals surface area contributed by atoms with Crippen molar-refractivity contribution in [2.45, 2.75) is 19.9 Å². The zero-order valence-electron chi connectivity index (χ0n) is 20.3. The smallest absolute Gasteiger partial charge is 0.252 e. The standard InChI is InChI=1S/C29H26N4O3/c1-18(2)26(29-32-27(33-36-29)20-13-15-21(35-3)16-14-20)31-28(34)23-17-25(19-9-5-4-6-10-19)30-24-12-8-7-11-22(23)24/h4-18,26H,1-3H3,(H,31,34)/t26-/m0/s1. The van der Waals surface area contributed by atoms with Gasteiger partial charge in [0.25, 0.3) is 5.91 Å². The molecular formula is C29H26N4O3. The van der Waals surface area contributed by atoms with Crippen molar-refractivity contribution in [3.63, 3.8) is 0 Å². The Hall–Kier alpha value is -4.52. The fraction of sp³-hybridized carbons (Fsp3) is 0.172. The van der Waals surface area contributed by atoms with Gasteiger partial charge >= 0.3 is 0 Å². The van der Waals surface area contributed by atoms with Gasteiger partial charge in [0, 0.05) is 16.5 Å². The zero-order chi connectivity index (χ0) is 25.1. The van der Waals surface area contributed by atoms with Gasteiger partial charge in [-0.1, -0.05) is 67.5 Å². The minimum Gasteiger partial charge on any atom is -0.497 e. The van der Waals surface area contributed by atoms with Crippen LogP contribution in [0, 0.1) is 5.92 Å². The predicted octanol–water partition coefficient (Wildman–Crippen LogP) is 6.09. The Morgan fingerprint density at radius 3 is 2.33 bits per heavy atom. The predicted molar refractivity (Wildman–Crippen MR) is 139 cm³/mol. The molecule has 5 aromatic rings. The van der Waals surface area contributed by atoms with Gasteiger partial charge in [-0.3, -0.25) is 4.79 Å². The quantitative estimate of drug-likeness (QED) is 0.305. The molecule has 1 N–H and O–H groups in total.